The molecule has 4 aromatic rings. The van der Waals surface area contributed by atoms with Crippen LogP contribution in [-0.2, 0) is 10.2 Å². The van der Waals surface area contributed by atoms with E-state index in [-0.39, 0.29) is 5.91 Å². The molecule has 0 unspecified atom stereocenters. The monoisotopic (exact) mass is 390 g/mol. The summed E-state index contributed by atoms with van der Waals surface area (Å²) in [6.07, 6.45) is 2.81. The predicted octanol–water partition coefficient (Wildman–Crippen LogP) is 3.13. The molecule has 0 saturated heterocycles. The quantitative estimate of drug-likeness (QED) is 0.562. The van der Waals surface area contributed by atoms with Crippen LogP contribution in [0, 0.1) is 5.82 Å². The number of halogens is 1. The molecule has 2 aromatic heterocycles. The van der Waals surface area contributed by atoms with Gasteiger partial charge in [0.05, 0.1) is 22.4 Å². The van der Waals surface area contributed by atoms with Crippen LogP contribution < -0.4 is 5.32 Å². The summed E-state index contributed by atoms with van der Waals surface area (Å²) in [6.45, 7) is 0. The number of anilines is 1. The molecule has 1 N–H and O–H groups in total. The van der Waals surface area contributed by atoms with Crippen molar-refractivity contribution < 1.29 is 13.7 Å². The number of aromatic nitrogens is 5. The lowest BCUT2D eigenvalue weighted by molar-refractivity contribution is -0.118. The van der Waals surface area contributed by atoms with Gasteiger partial charge in [0.2, 0.25) is 5.91 Å². The molecule has 1 saturated carbocycles. The maximum atomic E-state index is 14.0. The summed E-state index contributed by atoms with van der Waals surface area (Å²) >= 11 is 0. The van der Waals surface area contributed by atoms with Gasteiger partial charge in [0, 0.05) is 11.8 Å². The van der Waals surface area contributed by atoms with Crippen LogP contribution in [0.3, 0.4) is 0 Å². The Bertz CT molecular complexity index is 1170. The molecular weight excluding hydrogens is 375 g/mol. The van der Waals surface area contributed by atoms with Crippen molar-refractivity contribution in [2.45, 2.75) is 18.3 Å². The molecule has 1 aliphatic rings. The largest absolute Gasteiger partial charge is 0.356 e. The van der Waals surface area contributed by atoms with E-state index in [4.69, 9.17) is 4.52 Å². The summed E-state index contributed by atoms with van der Waals surface area (Å²) in [5.74, 6) is -0.254. The van der Waals surface area contributed by atoms with E-state index in [1.165, 1.54) is 17.1 Å². The van der Waals surface area contributed by atoms with Crippen LogP contribution in [0.2, 0.25) is 0 Å². The number of hydrogen-bond donors (Lipinski definition) is 1. The van der Waals surface area contributed by atoms with E-state index >= 15 is 0 Å². The minimum Gasteiger partial charge on any atom is -0.356 e. The minimum atomic E-state index is -0.749. The fraction of sp³-hybridized carbons (Fsp3) is 0.150. The van der Waals surface area contributed by atoms with Gasteiger partial charge in [-0.25, -0.2) is 9.07 Å². The molecular formula is C20H15FN6O2. The van der Waals surface area contributed by atoms with Gasteiger partial charge < -0.3 is 9.84 Å². The highest BCUT2D eigenvalue weighted by atomic mass is 19.1. The highest BCUT2D eigenvalue weighted by Gasteiger charge is 2.53. The number of tetrazole rings is 1. The average molecular weight is 390 g/mol. The van der Waals surface area contributed by atoms with E-state index in [9.17, 15) is 9.18 Å². The van der Waals surface area contributed by atoms with Crippen LogP contribution in [0.4, 0.5) is 10.1 Å². The number of nitrogens with zero attached hydrogens (tertiary/aromatic N) is 5. The lowest BCUT2D eigenvalue weighted by atomic mass is 10.00. The summed E-state index contributed by atoms with van der Waals surface area (Å²) in [5.41, 5.74) is 1.51. The summed E-state index contributed by atoms with van der Waals surface area (Å²) in [5, 5.41) is 18.0. The summed E-state index contributed by atoms with van der Waals surface area (Å²) in [4.78, 5) is 12.9. The molecule has 2 heterocycles. The number of amides is 1. The van der Waals surface area contributed by atoms with Crippen LogP contribution >= 0.6 is 0 Å². The zero-order chi connectivity index (χ0) is 19.8. The van der Waals surface area contributed by atoms with Crippen molar-refractivity contribution in [1.29, 1.82) is 0 Å². The molecule has 29 heavy (non-hydrogen) atoms. The first kappa shape index (κ1) is 17.2. The molecule has 0 radical (unpaired) electrons. The maximum absolute atomic E-state index is 14.0. The van der Waals surface area contributed by atoms with E-state index in [2.05, 4.69) is 26.0 Å². The predicted molar refractivity (Wildman–Crippen MR) is 101 cm³/mol. The number of carbonyl (C=O) groups excluding carboxylic acids is 1. The Labute approximate surface area is 164 Å². The third-order valence-electron chi connectivity index (χ3n) is 5.06. The van der Waals surface area contributed by atoms with Crippen molar-refractivity contribution in [3.63, 3.8) is 0 Å². The normalized spacial score (nSPS) is 14.5. The van der Waals surface area contributed by atoms with Crippen molar-refractivity contribution >= 4 is 11.6 Å². The zero-order valence-corrected chi connectivity index (χ0v) is 15.1. The Balaban J connectivity index is 1.34. The minimum absolute atomic E-state index is 0.166. The number of nitrogens with one attached hydrogen (secondary N) is 1. The van der Waals surface area contributed by atoms with Crippen LogP contribution in [0.5, 0.6) is 0 Å². The van der Waals surface area contributed by atoms with E-state index in [0.717, 1.165) is 5.69 Å². The van der Waals surface area contributed by atoms with Crippen molar-refractivity contribution in [2.24, 2.45) is 0 Å². The SMILES string of the molecule is O=C(Nc1ccc(-n2cnnn2)cc1)C1(c2cc(-c3ccccc3F)on2)CC1. The van der Waals surface area contributed by atoms with E-state index in [1.54, 1.807) is 48.5 Å². The molecule has 9 heteroatoms. The lowest BCUT2D eigenvalue weighted by Gasteiger charge is -2.12. The molecule has 1 aliphatic carbocycles. The first-order chi connectivity index (χ1) is 14.2. The molecule has 1 fully saturated rings. The second kappa shape index (κ2) is 6.62. The first-order valence-corrected chi connectivity index (χ1v) is 9.03. The van der Waals surface area contributed by atoms with Gasteiger partial charge in [-0.05, 0) is 59.7 Å². The standard InChI is InChI=1S/C20H15FN6O2/c21-16-4-2-1-3-15(16)17-11-18(24-29-17)20(9-10-20)19(28)23-13-5-7-14(8-6-13)27-12-22-25-26-27/h1-8,11-12H,9-10H2,(H,23,28). The van der Waals surface area contributed by atoms with Crippen molar-refractivity contribution in [3.8, 4) is 17.0 Å². The Morgan fingerprint density at radius 2 is 1.93 bits per heavy atom. The molecule has 5 rings (SSSR count). The fourth-order valence-corrected chi connectivity index (χ4v) is 3.24. The van der Waals surface area contributed by atoms with Gasteiger partial charge in [0.25, 0.3) is 0 Å². The zero-order valence-electron chi connectivity index (χ0n) is 15.1. The van der Waals surface area contributed by atoms with Crippen LogP contribution in [0.1, 0.15) is 18.5 Å². The van der Waals surface area contributed by atoms with Gasteiger partial charge in [0.15, 0.2) is 5.76 Å². The molecule has 0 spiro atoms. The molecule has 1 amide bonds. The Morgan fingerprint density at radius 3 is 2.62 bits per heavy atom. The lowest BCUT2D eigenvalue weighted by Crippen LogP contribution is -2.28. The fourth-order valence-electron chi connectivity index (χ4n) is 3.24. The second-order valence-corrected chi connectivity index (χ2v) is 6.89. The van der Waals surface area contributed by atoms with Gasteiger partial charge in [0.1, 0.15) is 12.1 Å². The van der Waals surface area contributed by atoms with Crippen LogP contribution in [-0.4, -0.2) is 31.3 Å². The van der Waals surface area contributed by atoms with E-state index in [0.29, 0.717) is 35.5 Å². The second-order valence-electron chi connectivity index (χ2n) is 6.89. The number of carbonyl (C=O) groups is 1. The van der Waals surface area contributed by atoms with Gasteiger partial charge in [-0.2, -0.15) is 0 Å². The molecule has 144 valence electrons. The highest BCUT2D eigenvalue weighted by molar-refractivity contribution is 6.01. The third-order valence-corrected chi connectivity index (χ3v) is 5.06. The Hall–Kier alpha value is -3.88. The molecule has 0 atom stereocenters. The van der Waals surface area contributed by atoms with E-state index < -0.39 is 11.2 Å². The summed E-state index contributed by atoms with van der Waals surface area (Å²) < 4.78 is 20.8. The Kier molecular flexibility index (Phi) is 3.94. The van der Waals surface area contributed by atoms with Gasteiger partial charge >= 0.3 is 0 Å². The number of hydrogen-bond acceptors (Lipinski definition) is 6. The van der Waals surface area contributed by atoms with Crippen molar-refractivity contribution in [1.82, 2.24) is 25.4 Å². The van der Waals surface area contributed by atoms with Gasteiger partial charge in [-0.3, -0.25) is 4.79 Å². The summed E-state index contributed by atoms with van der Waals surface area (Å²) in [7, 11) is 0. The number of benzene rings is 2. The highest BCUT2D eigenvalue weighted by Crippen LogP contribution is 2.49. The molecule has 8 nitrogen and oxygen atoms in total. The molecule has 0 aliphatic heterocycles. The summed E-state index contributed by atoms with van der Waals surface area (Å²) in [6, 6.07) is 15.1. The van der Waals surface area contributed by atoms with E-state index in [1.807, 2.05) is 0 Å². The van der Waals surface area contributed by atoms with Crippen molar-refractivity contribution in [3.05, 3.63) is 72.4 Å². The average Bonchev–Trinajstić information content (AvgIpc) is 3.15. The first-order valence-electron chi connectivity index (χ1n) is 9.03. The van der Waals surface area contributed by atoms with Crippen molar-refractivity contribution in [2.75, 3.05) is 5.32 Å². The maximum Gasteiger partial charge on any atom is 0.236 e. The number of rotatable bonds is 5. The molecule has 2 aromatic carbocycles. The molecule has 0 bridgehead atoms. The smallest absolute Gasteiger partial charge is 0.236 e. The van der Waals surface area contributed by atoms with Gasteiger partial charge in [-0.15, -0.1) is 5.10 Å². The van der Waals surface area contributed by atoms with Crippen LogP contribution in [0.15, 0.2) is 65.4 Å². The Morgan fingerprint density at radius 1 is 1.14 bits per heavy atom. The van der Waals surface area contributed by atoms with Crippen LogP contribution in [0.25, 0.3) is 17.0 Å². The van der Waals surface area contributed by atoms with Gasteiger partial charge in [-0.1, -0.05) is 17.3 Å². The topological polar surface area (TPSA) is 98.7 Å². The third kappa shape index (κ3) is 3.06.